The fourth-order valence-electron chi connectivity index (χ4n) is 4.27. The van der Waals surface area contributed by atoms with Crippen LogP contribution in [0.15, 0.2) is 0 Å². The zero-order valence-electron chi connectivity index (χ0n) is 22.5. The van der Waals surface area contributed by atoms with Gasteiger partial charge in [0, 0.05) is 26.4 Å². The Morgan fingerprint density at radius 2 is 0.906 bits per heavy atom. The highest BCUT2D eigenvalue weighted by Crippen LogP contribution is 2.29. The van der Waals surface area contributed by atoms with Crippen LogP contribution in [0.4, 0.5) is 0 Å². The Bertz CT molecular complexity index is 365. The Morgan fingerprint density at radius 1 is 0.562 bits per heavy atom. The van der Waals surface area contributed by atoms with Gasteiger partial charge in [0.1, 0.15) is 0 Å². The van der Waals surface area contributed by atoms with E-state index in [4.69, 9.17) is 23.4 Å². The third kappa shape index (κ3) is 13.8. The topological polar surface area (TPSA) is 62.9 Å². The predicted molar refractivity (Wildman–Crippen MR) is 143 cm³/mol. The molecular formula is C25H57NO4Si2. The van der Waals surface area contributed by atoms with Crippen LogP contribution in [-0.4, -0.2) is 50.1 Å². The Labute approximate surface area is 203 Å². The molecule has 0 aliphatic heterocycles. The van der Waals surface area contributed by atoms with E-state index < -0.39 is 17.1 Å². The van der Waals surface area contributed by atoms with E-state index in [1.54, 1.807) is 0 Å². The van der Waals surface area contributed by atoms with Crippen molar-refractivity contribution < 1.29 is 17.7 Å². The molecule has 0 rings (SSSR count). The van der Waals surface area contributed by atoms with Crippen molar-refractivity contribution in [2.45, 2.75) is 124 Å². The molecule has 7 heteroatoms. The molecule has 0 spiro atoms. The molecular weight excluding hydrogens is 434 g/mol. The number of rotatable bonds is 24. The lowest BCUT2D eigenvalue weighted by Crippen LogP contribution is -2.42. The molecule has 0 aliphatic carbocycles. The van der Waals surface area contributed by atoms with E-state index in [1.165, 1.54) is 25.7 Å². The molecule has 0 aliphatic rings. The molecule has 0 amide bonds. The van der Waals surface area contributed by atoms with Crippen LogP contribution < -0.4 is 5.73 Å². The Kier molecular flexibility index (Phi) is 20.7. The molecule has 0 saturated heterocycles. The van der Waals surface area contributed by atoms with E-state index in [1.807, 2.05) is 0 Å². The van der Waals surface area contributed by atoms with Crippen LogP contribution in [0, 0.1) is 5.92 Å². The zero-order valence-corrected chi connectivity index (χ0v) is 24.5. The van der Waals surface area contributed by atoms with Crippen molar-refractivity contribution in [2.24, 2.45) is 11.7 Å². The summed E-state index contributed by atoms with van der Waals surface area (Å²) in [5.74, 6) is 0.682. The average Bonchev–Trinajstić information content (AvgIpc) is 2.82. The highest BCUT2D eigenvalue weighted by atomic mass is 28.4. The van der Waals surface area contributed by atoms with Crippen LogP contribution in [0.5, 0.6) is 0 Å². The predicted octanol–water partition coefficient (Wildman–Crippen LogP) is 7.14. The molecule has 0 atom stereocenters. The molecule has 0 fully saturated rings. The summed E-state index contributed by atoms with van der Waals surface area (Å²) >= 11 is 0. The van der Waals surface area contributed by atoms with Gasteiger partial charge in [0.05, 0.1) is 0 Å². The summed E-state index contributed by atoms with van der Waals surface area (Å²) in [6.45, 7) is 17.3. The molecule has 2 N–H and O–H groups in total. The van der Waals surface area contributed by atoms with Crippen LogP contribution in [0.3, 0.4) is 0 Å². The maximum atomic E-state index is 6.35. The van der Waals surface area contributed by atoms with Crippen LogP contribution >= 0.6 is 0 Å². The molecule has 0 aromatic rings. The largest absolute Gasteiger partial charge is 0.394 e. The summed E-state index contributed by atoms with van der Waals surface area (Å²) in [4.78, 5) is 0. The van der Waals surface area contributed by atoms with Crippen molar-refractivity contribution in [1.29, 1.82) is 0 Å². The van der Waals surface area contributed by atoms with Gasteiger partial charge in [-0.1, -0.05) is 67.2 Å². The second-order valence-corrected chi connectivity index (χ2v) is 16.4. The van der Waals surface area contributed by atoms with Crippen LogP contribution in [0.2, 0.25) is 24.2 Å². The fraction of sp³-hybridized carbons (Fsp3) is 1.00. The highest BCUT2D eigenvalue weighted by molar-refractivity contribution is 6.67. The third-order valence-electron chi connectivity index (χ3n) is 6.27. The van der Waals surface area contributed by atoms with Crippen molar-refractivity contribution in [3.63, 3.8) is 0 Å². The minimum atomic E-state index is -2.06. The molecule has 0 saturated carbocycles. The van der Waals surface area contributed by atoms with Crippen LogP contribution in [-0.2, 0) is 17.7 Å². The molecule has 32 heavy (non-hydrogen) atoms. The van der Waals surface area contributed by atoms with E-state index in [0.717, 1.165) is 89.3 Å². The van der Waals surface area contributed by atoms with Crippen molar-refractivity contribution in [3.05, 3.63) is 0 Å². The van der Waals surface area contributed by atoms with E-state index in [0.29, 0.717) is 5.92 Å². The quantitative estimate of drug-likeness (QED) is 0.145. The van der Waals surface area contributed by atoms with Gasteiger partial charge in [-0.2, -0.15) is 0 Å². The summed E-state index contributed by atoms with van der Waals surface area (Å²) < 4.78 is 25.4. The standard InChI is InChI=1S/C25H57NO4Si2/c1-7-19-27-31(11-5,28-20-8-2)23-13-15-25(17-18-26)16-14-24-32(12-6,29-21-9-3)30-22-10-4/h25H,7-24,26H2,1-6H3. The summed E-state index contributed by atoms with van der Waals surface area (Å²) in [6.07, 6.45) is 10.2. The van der Waals surface area contributed by atoms with Gasteiger partial charge in [-0.25, -0.2) is 0 Å². The van der Waals surface area contributed by atoms with Gasteiger partial charge in [0.2, 0.25) is 0 Å². The first-order valence-corrected chi connectivity index (χ1v) is 18.2. The SMILES string of the molecule is CCCO[Si](CC)(CCCC(CCN)CCC[Si](CC)(OCCC)OCCC)OCCC. The normalized spacial score (nSPS) is 12.8. The van der Waals surface area contributed by atoms with E-state index in [9.17, 15) is 0 Å². The summed E-state index contributed by atoms with van der Waals surface area (Å²) in [6, 6.07) is 4.31. The van der Waals surface area contributed by atoms with E-state index in [2.05, 4.69) is 41.5 Å². The molecule has 5 nitrogen and oxygen atoms in total. The number of hydrogen-bond donors (Lipinski definition) is 1. The van der Waals surface area contributed by atoms with Gasteiger partial charge >= 0.3 is 17.1 Å². The first-order chi connectivity index (χ1) is 15.5. The van der Waals surface area contributed by atoms with Gasteiger partial charge in [-0.15, -0.1) is 0 Å². The molecule has 194 valence electrons. The molecule has 0 unspecified atom stereocenters. The van der Waals surface area contributed by atoms with Crippen LogP contribution in [0.1, 0.15) is 99.3 Å². The first-order valence-electron chi connectivity index (χ1n) is 13.8. The Hall–Kier alpha value is 0.234. The van der Waals surface area contributed by atoms with Gasteiger partial charge in [-0.05, 0) is 68.7 Å². The maximum Gasteiger partial charge on any atom is 0.337 e. The lowest BCUT2D eigenvalue weighted by molar-refractivity contribution is 0.166. The van der Waals surface area contributed by atoms with Gasteiger partial charge < -0.3 is 23.4 Å². The van der Waals surface area contributed by atoms with Gasteiger partial charge in [-0.3, -0.25) is 0 Å². The summed E-state index contributed by atoms with van der Waals surface area (Å²) in [5, 5.41) is 0. The van der Waals surface area contributed by atoms with Gasteiger partial charge in [0.25, 0.3) is 0 Å². The Balaban J connectivity index is 4.79. The molecule has 0 bridgehead atoms. The minimum absolute atomic E-state index is 0.682. The molecule has 0 radical (unpaired) electrons. The fourth-order valence-corrected chi connectivity index (χ4v) is 10.3. The Morgan fingerprint density at radius 3 is 1.16 bits per heavy atom. The smallest absolute Gasteiger partial charge is 0.337 e. The van der Waals surface area contributed by atoms with E-state index in [-0.39, 0.29) is 0 Å². The van der Waals surface area contributed by atoms with E-state index >= 15 is 0 Å². The van der Waals surface area contributed by atoms with Crippen molar-refractivity contribution in [2.75, 3.05) is 33.0 Å². The minimum Gasteiger partial charge on any atom is -0.394 e. The molecule has 0 aromatic carbocycles. The lowest BCUT2D eigenvalue weighted by atomic mass is 9.95. The summed E-state index contributed by atoms with van der Waals surface area (Å²) in [5.41, 5.74) is 5.98. The van der Waals surface area contributed by atoms with Crippen molar-refractivity contribution in [1.82, 2.24) is 0 Å². The maximum absolute atomic E-state index is 6.35. The highest BCUT2D eigenvalue weighted by Gasteiger charge is 2.36. The van der Waals surface area contributed by atoms with Crippen molar-refractivity contribution in [3.8, 4) is 0 Å². The third-order valence-corrected chi connectivity index (χ3v) is 13.6. The van der Waals surface area contributed by atoms with Crippen molar-refractivity contribution >= 4 is 17.1 Å². The number of hydrogen-bond acceptors (Lipinski definition) is 5. The lowest BCUT2D eigenvalue weighted by Gasteiger charge is -2.31. The van der Waals surface area contributed by atoms with Crippen LogP contribution in [0.25, 0.3) is 0 Å². The first kappa shape index (κ1) is 32.2. The molecule has 0 heterocycles. The average molecular weight is 492 g/mol. The number of nitrogens with two attached hydrogens (primary N) is 1. The van der Waals surface area contributed by atoms with Gasteiger partial charge in [0.15, 0.2) is 0 Å². The summed E-state index contributed by atoms with van der Waals surface area (Å²) in [7, 11) is -4.13. The monoisotopic (exact) mass is 491 g/mol. The molecule has 0 aromatic heterocycles. The zero-order chi connectivity index (χ0) is 24.1. The second kappa shape index (κ2) is 20.6. The second-order valence-electron chi connectivity index (χ2n) is 9.15.